The summed E-state index contributed by atoms with van der Waals surface area (Å²) >= 11 is 0. The maximum Gasteiger partial charge on any atom is 0.407 e. The number of nitrogens with two attached hydrogens (primary N) is 1. The van der Waals surface area contributed by atoms with Gasteiger partial charge < -0.3 is 20.7 Å². The van der Waals surface area contributed by atoms with Gasteiger partial charge in [-0.05, 0) is 45.4 Å². The normalized spacial score (nSPS) is 13.2. The molecular weight excluding hydrogens is 352 g/mol. The molecule has 1 rings (SSSR count). The lowest BCUT2D eigenvalue weighted by molar-refractivity contribution is 0.140. The van der Waals surface area contributed by atoms with Crippen LogP contribution >= 0.6 is 0 Å². The third-order valence-electron chi connectivity index (χ3n) is 4.47. The number of nitrogens with zero attached hydrogens (tertiary/aromatic N) is 2. The lowest BCUT2D eigenvalue weighted by Gasteiger charge is -2.23. The van der Waals surface area contributed by atoms with Crippen molar-refractivity contribution in [2.24, 2.45) is 10.7 Å². The first-order valence-electron chi connectivity index (χ1n) is 9.40. The number of allylic oxidation sites excluding steroid dienone is 1. The van der Waals surface area contributed by atoms with Crippen molar-refractivity contribution >= 4 is 11.9 Å². The predicted octanol–water partition coefficient (Wildman–Crippen LogP) is 4.49. The van der Waals surface area contributed by atoms with Crippen LogP contribution < -0.4 is 11.1 Å². The zero-order valence-electron chi connectivity index (χ0n) is 17.1. The number of rotatable bonds is 11. The molecule has 1 amide bonds. The molecule has 1 atom stereocenters. The topological polar surface area (TPSA) is 79.9 Å². The van der Waals surface area contributed by atoms with E-state index in [0.717, 1.165) is 36.2 Å². The second-order valence-corrected chi connectivity index (χ2v) is 6.40. The monoisotopic (exact) mass is 384 g/mol. The van der Waals surface area contributed by atoms with Crippen molar-refractivity contribution in [2.75, 3.05) is 13.2 Å². The summed E-state index contributed by atoms with van der Waals surface area (Å²) in [5.74, 6) is 0.437. The van der Waals surface area contributed by atoms with Gasteiger partial charge in [-0.1, -0.05) is 43.5 Å². The first kappa shape index (κ1) is 23.0. The van der Waals surface area contributed by atoms with Crippen LogP contribution in [-0.4, -0.2) is 30.0 Å². The summed E-state index contributed by atoms with van der Waals surface area (Å²) in [5.41, 5.74) is 8.81. The van der Waals surface area contributed by atoms with Crippen molar-refractivity contribution in [3.63, 3.8) is 0 Å². The lowest BCUT2D eigenvalue weighted by Crippen LogP contribution is -2.28. The Morgan fingerprint density at radius 1 is 1.29 bits per heavy atom. The number of carbonyl (C=O) groups is 1. The van der Waals surface area contributed by atoms with Gasteiger partial charge in [0.15, 0.2) is 0 Å². The molecule has 0 spiro atoms. The minimum absolute atomic E-state index is 0.0941. The van der Waals surface area contributed by atoms with Gasteiger partial charge in [-0.15, -0.1) is 0 Å². The first-order chi connectivity index (χ1) is 13.4. The number of hydrogen-bond acceptors (Lipinski definition) is 4. The average molecular weight is 385 g/mol. The van der Waals surface area contributed by atoms with Gasteiger partial charge in [0.1, 0.15) is 5.84 Å². The molecule has 0 saturated heterocycles. The third-order valence-corrected chi connectivity index (χ3v) is 4.47. The van der Waals surface area contributed by atoms with Crippen LogP contribution in [0, 0.1) is 0 Å². The minimum atomic E-state index is -0.405. The van der Waals surface area contributed by atoms with Crippen LogP contribution in [0.25, 0.3) is 0 Å². The number of benzene rings is 1. The van der Waals surface area contributed by atoms with Crippen molar-refractivity contribution in [3.8, 4) is 0 Å². The van der Waals surface area contributed by atoms with E-state index in [1.165, 1.54) is 6.20 Å². The standard InChI is InChI=1S/C22H32N4O2/c1-6-24-21(23)17(3)19(5)26(7-2)15-11-12-16-28-22(27)25-18(4)20-13-9-8-10-14-20/h6-10,13-14,18H,1-2,11-12,15-16H2,3-5H3,(H2,23,24)(H,25,27)/b19-17+. The molecule has 0 heterocycles. The molecular formula is C22H32N4O2. The third kappa shape index (κ3) is 7.70. The summed E-state index contributed by atoms with van der Waals surface area (Å²) in [4.78, 5) is 17.9. The summed E-state index contributed by atoms with van der Waals surface area (Å²) in [6.45, 7) is 14.3. The lowest BCUT2D eigenvalue weighted by atomic mass is 10.1. The molecule has 6 nitrogen and oxygen atoms in total. The number of ether oxygens (including phenoxy) is 1. The largest absolute Gasteiger partial charge is 0.450 e. The van der Waals surface area contributed by atoms with Crippen LogP contribution in [-0.2, 0) is 4.74 Å². The molecule has 1 aromatic rings. The van der Waals surface area contributed by atoms with E-state index in [0.29, 0.717) is 12.4 Å². The van der Waals surface area contributed by atoms with Crippen molar-refractivity contribution in [1.29, 1.82) is 0 Å². The van der Waals surface area contributed by atoms with Crippen molar-refractivity contribution in [2.45, 2.75) is 39.7 Å². The van der Waals surface area contributed by atoms with Crippen LogP contribution in [0.4, 0.5) is 4.79 Å². The Morgan fingerprint density at radius 2 is 1.96 bits per heavy atom. The number of aliphatic imine (C=N–C) groups is 1. The van der Waals surface area contributed by atoms with E-state index in [4.69, 9.17) is 10.5 Å². The van der Waals surface area contributed by atoms with Crippen molar-refractivity contribution in [1.82, 2.24) is 10.2 Å². The second-order valence-electron chi connectivity index (χ2n) is 6.40. The highest BCUT2D eigenvalue weighted by Crippen LogP contribution is 2.13. The fourth-order valence-electron chi connectivity index (χ4n) is 2.58. The SMILES string of the molecule is C=CN=C(N)/C(C)=C(\C)N(C=C)CCCCOC(=O)NC(C)c1ccccc1. The Morgan fingerprint density at radius 3 is 2.57 bits per heavy atom. The summed E-state index contributed by atoms with van der Waals surface area (Å²) in [7, 11) is 0. The van der Waals surface area contributed by atoms with Crippen LogP contribution in [0.3, 0.4) is 0 Å². The Hall–Kier alpha value is -3.02. The highest BCUT2D eigenvalue weighted by atomic mass is 16.5. The molecule has 1 aromatic carbocycles. The molecule has 6 heteroatoms. The van der Waals surface area contributed by atoms with Crippen molar-refractivity contribution in [3.05, 3.63) is 72.7 Å². The van der Waals surface area contributed by atoms with E-state index in [1.807, 2.05) is 56.0 Å². The molecule has 1 unspecified atom stereocenters. The van der Waals surface area contributed by atoms with Gasteiger partial charge in [-0.25, -0.2) is 9.79 Å². The zero-order valence-corrected chi connectivity index (χ0v) is 17.1. The summed E-state index contributed by atoms with van der Waals surface area (Å²) in [5, 5.41) is 2.83. The zero-order chi connectivity index (χ0) is 20.9. The van der Waals surface area contributed by atoms with E-state index in [2.05, 4.69) is 23.5 Å². The van der Waals surface area contributed by atoms with E-state index in [9.17, 15) is 4.79 Å². The Bertz CT molecular complexity index is 711. The van der Waals surface area contributed by atoms with Gasteiger partial charge in [0.2, 0.25) is 0 Å². The van der Waals surface area contributed by atoms with Crippen LogP contribution in [0.1, 0.15) is 45.2 Å². The van der Waals surface area contributed by atoms with E-state index >= 15 is 0 Å². The van der Waals surface area contributed by atoms with E-state index < -0.39 is 6.09 Å². The average Bonchev–Trinajstić information content (AvgIpc) is 2.70. The summed E-state index contributed by atoms with van der Waals surface area (Å²) < 4.78 is 5.27. The Kier molecular flexibility index (Phi) is 10.2. The summed E-state index contributed by atoms with van der Waals surface area (Å²) in [6.07, 6.45) is 4.37. The molecule has 0 aliphatic heterocycles. The van der Waals surface area contributed by atoms with E-state index in [-0.39, 0.29) is 6.04 Å². The fourth-order valence-corrected chi connectivity index (χ4v) is 2.58. The molecule has 0 aliphatic rings. The molecule has 0 radical (unpaired) electrons. The highest BCUT2D eigenvalue weighted by molar-refractivity contribution is 5.97. The quantitative estimate of drug-likeness (QED) is 0.334. The molecule has 0 aliphatic carbocycles. The number of alkyl carbamates (subject to hydrolysis) is 1. The fraction of sp³-hybridized carbons (Fsp3) is 0.364. The summed E-state index contributed by atoms with van der Waals surface area (Å²) in [6, 6.07) is 9.68. The molecule has 0 aromatic heterocycles. The number of unbranched alkanes of at least 4 members (excludes halogenated alkanes) is 1. The number of amidine groups is 1. The Labute approximate surface area is 168 Å². The van der Waals surface area contributed by atoms with Gasteiger partial charge in [-0.3, -0.25) is 0 Å². The molecule has 0 saturated carbocycles. The Balaban J connectivity index is 2.38. The number of nitrogens with one attached hydrogen (secondary N) is 1. The minimum Gasteiger partial charge on any atom is -0.450 e. The van der Waals surface area contributed by atoms with Crippen LogP contribution in [0.5, 0.6) is 0 Å². The van der Waals surface area contributed by atoms with Crippen LogP contribution in [0.2, 0.25) is 0 Å². The first-order valence-corrected chi connectivity index (χ1v) is 9.40. The highest BCUT2D eigenvalue weighted by Gasteiger charge is 2.10. The second kappa shape index (κ2) is 12.4. The van der Waals surface area contributed by atoms with Gasteiger partial charge in [0, 0.05) is 24.0 Å². The number of amides is 1. The number of carbonyl (C=O) groups excluding carboxylic acids is 1. The molecule has 152 valence electrons. The van der Waals surface area contributed by atoms with Gasteiger partial charge in [0.05, 0.1) is 12.6 Å². The maximum atomic E-state index is 11.9. The smallest absolute Gasteiger partial charge is 0.407 e. The maximum absolute atomic E-state index is 11.9. The molecule has 0 bridgehead atoms. The number of hydrogen-bond donors (Lipinski definition) is 2. The van der Waals surface area contributed by atoms with Gasteiger partial charge in [-0.2, -0.15) is 0 Å². The van der Waals surface area contributed by atoms with Crippen LogP contribution in [0.15, 0.2) is 72.2 Å². The van der Waals surface area contributed by atoms with E-state index in [1.54, 1.807) is 6.20 Å². The van der Waals surface area contributed by atoms with Gasteiger partial charge in [0.25, 0.3) is 0 Å². The predicted molar refractivity (Wildman–Crippen MR) is 116 cm³/mol. The van der Waals surface area contributed by atoms with Gasteiger partial charge >= 0.3 is 6.09 Å². The molecule has 0 fully saturated rings. The molecule has 28 heavy (non-hydrogen) atoms. The van der Waals surface area contributed by atoms with Crippen molar-refractivity contribution < 1.29 is 9.53 Å². The molecule has 3 N–H and O–H groups in total.